The molecule has 6 aromatic rings. The first-order chi connectivity index (χ1) is 24.5. The zero-order valence-electron chi connectivity index (χ0n) is 29.2. The van der Waals surface area contributed by atoms with E-state index >= 15 is 0 Å². The number of rotatable bonds is 7. The van der Waals surface area contributed by atoms with E-state index in [-0.39, 0.29) is 6.71 Å². The van der Waals surface area contributed by atoms with Gasteiger partial charge in [-0.05, 0) is 112 Å². The van der Waals surface area contributed by atoms with Crippen LogP contribution >= 0.6 is 0 Å². The standard InChI is InChI=1S/C49H41B/c1-33-15-8-9-21-42(33)48-34(2)16-12-23-44(48)40-19-13-20-41(32-40)50-46-25-11-10-22-45(46)49-43(24-14-26-47(49)50)39-29-27-38(28-30-39)36(4)31-35(3)37-17-6-5-7-18-37/h5-6,8-17,19-32H,3,7,18H2,1-2,4H3/b36-31+. The monoisotopic (exact) mass is 640 g/mol. The van der Waals surface area contributed by atoms with Crippen molar-refractivity contribution >= 4 is 28.7 Å². The molecule has 0 nitrogen and oxygen atoms in total. The van der Waals surface area contributed by atoms with E-state index in [0.717, 1.165) is 18.4 Å². The Balaban J connectivity index is 1.18. The number of allylic oxidation sites excluding steroid dienone is 7. The van der Waals surface area contributed by atoms with Gasteiger partial charge in [0.2, 0.25) is 6.71 Å². The van der Waals surface area contributed by atoms with Gasteiger partial charge in [0.15, 0.2) is 0 Å². The third-order valence-electron chi connectivity index (χ3n) is 10.6. The summed E-state index contributed by atoms with van der Waals surface area (Å²) in [4.78, 5) is 0. The second kappa shape index (κ2) is 13.3. The molecule has 0 spiro atoms. The summed E-state index contributed by atoms with van der Waals surface area (Å²) >= 11 is 0. The molecule has 1 heterocycles. The molecule has 0 saturated heterocycles. The first kappa shape index (κ1) is 31.6. The van der Waals surface area contributed by atoms with Crippen LogP contribution in [0.2, 0.25) is 0 Å². The summed E-state index contributed by atoms with van der Waals surface area (Å²) in [7, 11) is 0. The van der Waals surface area contributed by atoms with Crippen molar-refractivity contribution in [3.63, 3.8) is 0 Å². The summed E-state index contributed by atoms with van der Waals surface area (Å²) < 4.78 is 0. The Morgan fingerprint density at radius 2 is 1.28 bits per heavy atom. The van der Waals surface area contributed by atoms with Gasteiger partial charge in [0.05, 0.1) is 0 Å². The minimum atomic E-state index is 0.159. The van der Waals surface area contributed by atoms with Crippen LogP contribution in [0.4, 0.5) is 0 Å². The van der Waals surface area contributed by atoms with Gasteiger partial charge in [-0.15, -0.1) is 0 Å². The Bertz CT molecular complexity index is 2360. The molecule has 0 N–H and O–H groups in total. The number of hydrogen-bond acceptors (Lipinski definition) is 0. The Kier molecular flexibility index (Phi) is 8.43. The first-order valence-electron chi connectivity index (χ1n) is 17.8. The normalized spacial score (nSPS) is 13.5. The van der Waals surface area contributed by atoms with Crippen LogP contribution < -0.4 is 16.4 Å². The Morgan fingerprint density at radius 3 is 2.06 bits per heavy atom. The van der Waals surface area contributed by atoms with Crippen LogP contribution in [0.1, 0.15) is 36.5 Å². The molecular formula is C49H41B. The minimum absolute atomic E-state index is 0.159. The topological polar surface area (TPSA) is 0 Å². The highest BCUT2D eigenvalue weighted by Crippen LogP contribution is 2.38. The smallest absolute Gasteiger partial charge is 0.0915 e. The fraction of sp³-hybridized carbons (Fsp3) is 0.102. The van der Waals surface area contributed by atoms with Gasteiger partial charge in [-0.25, -0.2) is 0 Å². The van der Waals surface area contributed by atoms with E-state index in [1.54, 1.807) is 0 Å². The van der Waals surface area contributed by atoms with Crippen molar-refractivity contribution in [1.29, 1.82) is 0 Å². The van der Waals surface area contributed by atoms with Gasteiger partial charge in [-0.1, -0.05) is 181 Å². The number of fused-ring (bicyclic) bond motifs is 3. The number of benzene rings is 6. The summed E-state index contributed by atoms with van der Waals surface area (Å²) in [5, 5.41) is 0. The van der Waals surface area contributed by atoms with Gasteiger partial charge in [-0.3, -0.25) is 0 Å². The maximum absolute atomic E-state index is 4.37. The summed E-state index contributed by atoms with van der Waals surface area (Å²) in [6.45, 7) is 11.2. The summed E-state index contributed by atoms with van der Waals surface area (Å²) in [6.07, 6.45) is 10.9. The van der Waals surface area contributed by atoms with Crippen molar-refractivity contribution in [2.75, 3.05) is 0 Å². The summed E-state index contributed by atoms with van der Waals surface area (Å²) in [5.41, 5.74) is 21.9. The van der Waals surface area contributed by atoms with Crippen LogP contribution in [0.25, 0.3) is 50.1 Å². The van der Waals surface area contributed by atoms with Crippen molar-refractivity contribution < 1.29 is 0 Å². The van der Waals surface area contributed by atoms with Crippen molar-refractivity contribution in [1.82, 2.24) is 0 Å². The van der Waals surface area contributed by atoms with E-state index in [1.165, 1.54) is 88.7 Å². The molecule has 240 valence electrons. The molecule has 1 aliphatic carbocycles. The average molecular weight is 641 g/mol. The molecule has 0 bridgehead atoms. The molecule has 0 saturated carbocycles. The Labute approximate surface area is 298 Å². The van der Waals surface area contributed by atoms with E-state index in [4.69, 9.17) is 0 Å². The number of hydrogen-bond donors (Lipinski definition) is 0. The second-order valence-corrected chi connectivity index (χ2v) is 13.8. The van der Waals surface area contributed by atoms with Crippen LogP contribution in [0.5, 0.6) is 0 Å². The highest BCUT2D eigenvalue weighted by atomic mass is 14.2. The molecule has 0 unspecified atom stereocenters. The van der Waals surface area contributed by atoms with E-state index in [9.17, 15) is 0 Å². The fourth-order valence-corrected chi connectivity index (χ4v) is 8.08. The average Bonchev–Trinajstić information content (AvgIpc) is 3.50. The van der Waals surface area contributed by atoms with Crippen LogP contribution in [-0.4, -0.2) is 6.71 Å². The van der Waals surface area contributed by atoms with Crippen LogP contribution in [0, 0.1) is 13.8 Å². The van der Waals surface area contributed by atoms with E-state index in [0.29, 0.717) is 0 Å². The molecule has 6 aromatic carbocycles. The van der Waals surface area contributed by atoms with Crippen molar-refractivity contribution in [3.05, 3.63) is 192 Å². The zero-order chi connectivity index (χ0) is 34.2. The van der Waals surface area contributed by atoms with Crippen molar-refractivity contribution in [2.45, 2.75) is 33.6 Å². The molecule has 0 fully saturated rings. The van der Waals surface area contributed by atoms with Crippen LogP contribution in [0.3, 0.4) is 0 Å². The largest absolute Gasteiger partial charge is 0.242 e. The lowest BCUT2D eigenvalue weighted by molar-refractivity contribution is 0.979. The minimum Gasteiger partial charge on any atom is -0.0915 e. The van der Waals surface area contributed by atoms with Crippen molar-refractivity contribution in [3.8, 4) is 44.5 Å². The Hall–Kier alpha value is -5.66. The predicted molar refractivity (Wildman–Crippen MR) is 218 cm³/mol. The highest BCUT2D eigenvalue weighted by molar-refractivity contribution is 6.99. The van der Waals surface area contributed by atoms with Gasteiger partial charge in [0.25, 0.3) is 0 Å². The van der Waals surface area contributed by atoms with E-state index < -0.39 is 0 Å². The predicted octanol–water partition coefficient (Wildman–Crippen LogP) is 11.0. The van der Waals surface area contributed by atoms with Gasteiger partial charge < -0.3 is 0 Å². The van der Waals surface area contributed by atoms with E-state index in [1.807, 2.05) is 0 Å². The Morgan fingerprint density at radius 1 is 0.620 bits per heavy atom. The third-order valence-corrected chi connectivity index (χ3v) is 10.6. The van der Waals surface area contributed by atoms with Crippen LogP contribution in [-0.2, 0) is 0 Å². The zero-order valence-corrected chi connectivity index (χ0v) is 29.2. The lowest BCUT2D eigenvalue weighted by Crippen LogP contribution is -2.48. The first-order valence-corrected chi connectivity index (χ1v) is 17.8. The lowest BCUT2D eigenvalue weighted by atomic mass is 9.39. The molecule has 2 aliphatic rings. The van der Waals surface area contributed by atoms with Gasteiger partial charge in [0.1, 0.15) is 0 Å². The molecule has 0 amide bonds. The lowest BCUT2D eigenvalue weighted by Gasteiger charge is -2.17. The van der Waals surface area contributed by atoms with Gasteiger partial charge in [0, 0.05) is 0 Å². The molecule has 50 heavy (non-hydrogen) atoms. The summed E-state index contributed by atoms with van der Waals surface area (Å²) in [5.74, 6) is 0. The molecular weight excluding hydrogens is 599 g/mol. The molecule has 0 radical (unpaired) electrons. The van der Waals surface area contributed by atoms with E-state index in [2.05, 4.69) is 185 Å². The SMILES string of the molecule is C=C(/C=C(\C)c1ccc(-c2cccc3c2-c2ccccc2B3c2cccc(-c3cccc(C)c3-c3ccccc3C)c2)cc1)C1=CC=CCC1. The maximum Gasteiger partial charge on any atom is 0.242 e. The molecule has 1 heteroatoms. The number of aryl methyl sites for hydroxylation is 2. The summed E-state index contributed by atoms with van der Waals surface area (Å²) in [6, 6.07) is 49.7. The maximum atomic E-state index is 4.37. The highest BCUT2D eigenvalue weighted by Gasteiger charge is 2.35. The molecule has 0 atom stereocenters. The third kappa shape index (κ3) is 5.74. The van der Waals surface area contributed by atoms with Crippen molar-refractivity contribution in [2.24, 2.45) is 0 Å². The fourth-order valence-electron chi connectivity index (χ4n) is 8.08. The van der Waals surface area contributed by atoms with Crippen LogP contribution in [0.15, 0.2) is 175 Å². The second-order valence-electron chi connectivity index (χ2n) is 13.8. The quantitative estimate of drug-likeness (QED) is 0.120. The van der Waals surface area contributed by atoms with Gasteiger partial charge in [-0.2, -0.15) is 0 Å². The molecule has 1 aliphatic heterocycles. The molecule has 8 rings (SSSR count). The van der Waals surface area contributed by atoms with Gasteiger partial charge >= 0.3 is 0 Å². The molecule has 0 aromatic heterocycles.